The first kappa shape index (κ1) is 21.7. The molecule has 0 aliphatic heterocycles. The van der Waals surface area contributed by atoms with E-state index in [1.54, 1.807) is 29.1 Å². The van der Waals surface area contributed by atoms with Gasteiger partial charge in [-0.1, -0.05) is 48.1 Å². The third kappa shape index (κ3) is 4.75. The maximum Gasteiger partial charge on any atom is 0.238 e. The van der Waals surface area contributed by atoms with Gasteiger partial charge in [-0.25, -0.2) is 0 Å². The second-order valence-electron chi connectivity index (χ2n) is 7.53. The lowest BCUT2D eigenvalue weighted by Gasteiger charge is -2.18. The number of hydrogen-bond donors (Lipinski definition) is 2. The van der Waals surface area contributed by atoms with Crippen LogP contribution in [-0.4, -0.2) is 10.1 Å². The molecule has 2 aromatic carbocycles. The second kappa shape index (κ2) is 9.20. The molecule has 0 atom stereocenters. The van der Waals surface area contributed by atoms with Crippen LogP contribution in [0.15, 0.2) is 60.9 Å². The molecule has 0 spiro atoms. The van der Waals surface area contributed by atoms with Gasteiger partial charge in [0, 0.05) is 17.3 Å². The summed E-state index contributed by atoms with van der Waals surface area (Å²) >= 11 is 5.69. The quantitative estimate of drug-likeness (QED) is 0.286. The van der Waals surface area contributed by atoms with E-state index in [1.165, 1.54) is 0 Å². The number of pyridine rings is 1. The average Bonchev–Trinajstić information content (AvgIpc) is 2.72. The second-order valence-corrected chi connectivity index (χ2v) is 7.94. The Hall–Kier alpha value is -3.02. The first-order chi connectivity index (χ1) is 14.3. The number of aromatic nitrogens is 1. The summed E-state index contributed by atoms with van der Waals surface area (Å²) in [5, 5.41) is 26.3. The molecule has 0 fully saturated rings. The molecular weight excluding hydrogens is 392 g/mol. The van der Waals surface area contributed by atoms with Crippen molar-refractivity contribution in [3.8, 4) is 0 Å². The van der Waals surface area contributed by atoms with Crippen LogP contribution < -0.4 is 15.0 Å². The van der Waals surface area contributed by atoms with Gasteiger partial charge in [-0.3, -0.25) is 0 Å². The van der Waals surface area contributed by atoms with E-state index < -0.39 is 0 Å². The van der Waals surface area contributed by atoms with Crippen molar-refractivity contribution in [2.45, 2.75) is 34.3 Å². The van der Waals surface area contributed by atoms with E-state index >= 15 is 0 Å². The summed E-state index contributed by atoms with van der Waals surface area (Å²) < 4.78 is 1.68. The molecule has 0 saturated heterocycles. The van der Waals surface area contributed by atoms with E-state index in [-0.39, 0.29) is 12.4 Å². The number of thiocarbonyl (C=S) groups is 1. The average molecular weight is 419 g/mol. The summed E-state index contributed by atoms with van der Waals surface area (Å²) in [6, 6.07) is 15.3. The van der Waals surface area contributed by atoms with Crippen LogP contribution >= 0.6 is 12.2 Å². The minimum atomic E-state index is -0.180. The van der Waals surface area contributed by atoms with Crippen molar-refractivity contribution in [1.29, 1.82) is 0 Å². The minimum Gasteiger partial charge on any atom is -0.867 e. The topological polar surface area (TPSA) is 59.2 Å². The number of aliphatic hydroxyl groups is 1. The predicted molar refractivity (Wildman–Crippen MR) is 124 cm³/mol. The van der Waals surface area contributed by atoms with Gasteiger partial charge >= 0.3 is 0 Å². The lowest BCUT2D eigenvalue weighted by atomic mass is 10.0. The van der Waals surface area contributed by atoms with Crippen LogP contribution in [0.5, 0.6) is 0 Å². The smallest absolute Gasteiger partial charge is 0.238 e. The highest BCUT2D eigenvalue weighted by Crippen LogP contribution is 2.21. The standard InChI is InChI=1S/C25H26N2O2S/c1-16-7-10-22(19(4)12-16)26-25(30)23(27-11-5-6-20(14-27)15-28)24(29)21-9-8-17(2)18(3)13-21/h5-14,28H,15H2,1-4H3,(H-,26,29,30). The van der Waals surface area contributed by atoms with Crippen molar-refractivity contribution in [3.05, 3.63) is 94.3 Å². The van der Waals surface area contributed by atoms with Crippen LogP contribution in [0.1, 0.15) is 33.4 Å². The zero-order chi connectivity index (χ0) is 21.8. The van der Waals surface area contributed by atoms with Crippen molar-refractivity contribution < 1.29 is 14.8 Å². The van der Waals surface area contributed by atoms with E-state index in [9.17, 15) is 10.2 Å². The fraction of sp³-hybridized carbons (Fsp3) is 0.200. The van der Waals surface area contributed by atoms with Gasteiger partial charge in [0.25, 0.3) is 0 Å². The zero-order valence-corrected chi connectivity index (χ0v) is 18.5. The molecule has 3 aromatic rings. The number of rotatable bonds is 5. The van der Waals surface area contributed by atoms with E-state index in [4.69, 9.17) is 12.2 Å². The molecule has 0 unspecified atom stereocenters. The van der Waals surface area contributed by atoms with Crippen LogP contribution in [0.2, 0.25) is 0 Å². The van der Waals surface area contributed by atoms with Crippen LogP contribution in [0.3, 0.4) is 0 Å². The number of aliphatic hydroxyl groups excluding tert-OH is 1. The third-order valence-corrected chi connectivity index (χ3v) is 5.43. The van der Waals surface area contributed by atoms with Crippen molar-refractivity contribution in [3.63, 3.8) is 0 Å². The normalized spacial score (nSPS) is 11.8. The molecule has 0 bridgehead atoms. The molecule has 154 valence electrons. The number of aryl methyl sites for hydroxylation is 4. The van der Waals surface area contributed by atoms with Crippen molar-refractivity contribution >= 4 is 34.3 Å². The molecule has 1 aromatic heterocycles. The highest BCUT2D eigenvalue weighted by molar-refractivity contribution is 7.81. The molecule has 0 aliphatic carbocycles. The molecule has 30 heavy (non-hydrogen) atoms. The Morgan fingerprint density at radius 3 is 2.43 bits per heavy atom. The number of anilines is 1. The van der Waals surface area contributed by atoms with Gasteiger partial charge in [0.05, 0.1) is 6.61 Å². The van der Waals surface area contributed by atoms with Crippen molar-refractivity contribution in [2.24, 2.45) is 0 Å². The lowest BCUT2D eigenvalue weighted by Crippen LogP contribution is -2.40. The largest absolute Gasteiger partial charge is 0.867 e. The Bertz CT molecular complexity index is 1140. The lowest BCUT2D eigenvalue weighted by molar-refractivity contribution is -0.578. The Kier molecular flexibility index (Phi) is 6.65. The van der Waals surface area contributed by atoms with Gasteiger partial charge < -0.3 is 15.5 Å². The Balaban J connectivity index is 2.13. The minimum absolute atomic E-state index is 0.122. The highest BCUT2D eigenvalue weighted by Gasteiger charge is 2.20. The van der Waals surface area contributed by atoms with Gasteiger partial charge in [0.1, 0.15) is 0 Å². The van der Waals surface area contributed by atoms with Gasteiger partial charge in [-0.15, -0.1) is 0 Å². The van der Waals surface area contributed by atoms with E-state index in [1.807, 2.05) is 58.0 Å². The first-order valence-electron chi connectivity index (χ1n) is 9.79. The number of nitrogens with zero attached hydrogens (tertiary/aromatic N) is 1. The molecule has 0 aliphatic rings. The molecule has 2 N–H and O–H groups in total. The fourth-order valence-electron chi connectivity index (χ4n) is 3.25. The van der Waals surface area contributed by atoms with Crippen LogP contribution in [0.25, 0.3) is 11.5 Å². The number of hydrogen-bond acceptors (Lipinski definition) is 3. The maximum absolute atomic E-state index is 13.5. The summed E-state index contributed by atoms with van der Waals surface area (Å²) in [6.45, 7) is 7.91. The van der Waals surface area contributed by atoms with Crippen molar-refractivity contribution in [2.75, 3.05) is 5.32 Å². The van der Waals surface area contributed by atoms with Crippen LogP contribution in [-0.2, 0) is 6.61 Å². The van der Waals surface area contributed by atoms with Gasteiger partial charge in [0.2, 0.25) is 5.70 Å². The van der Waals surface area contributed by atoms with E-state index in [0.717, 1.165) is 27.9 Å². The fourth-order valence-corrected chi connectivity index (χ4v) is 3.56. The monoisotopic (exact) mass is 418 g/mol. The first-order valence-corrected chi connectivity index (χ1v) is 10.2. The number of nitrogens with one attached hydrogen (secondary N) is 1. The van der Waals surface area contributed by atoms with E-state index in [2.05, 4.69) is 11.4 Å². The SMILES string of the molecule is Cc1ccc(NC(=S)/C(=C(\[O-])c2ccc(C)c(C)c2)[n+]2cccc(CO)c2)c(C)c1. The molecule has 0 saturated carbocycles. The molecule has 0 amide bonds. The maximum atomic E-state index is 13.5. The number of benzene rings is 2. The predicted octanol–water partition coefficient (Wildman–Crippen LogP) is 3.83. The Morgan fingerprint density at radius 1 is 1.00 bits per heavy atom. The highest BCUT2D eigenvalue weighted by atomic mass is 32.1. The summed E-state index contributed by atoms with van der Waals surface area (Å²) in [4.78, 5) is 0.324. The molecule has 3 rings (SSSR count). The molecular formula is C25H26N2O2S. The van der Waals surface area contributed by atoms with Crippen molar-refractivity contribution in [1.82, 2.24) is 0 Å². The molecule has 5 heteroatoms. The molecule has 0 radical (unpaired) electrons. The van der Waals surface area contributed by atoms with E-state index in [0.29, 0.717) is 21.8 Å². The van der Waals surface area contributed by atoms with Gasteiger partial charge in [-0.2, -0.15) is 4.57 Å². The third-order valence-electron chi connectivity index (χ3n) is 5.13. The van der Waals surface area contributed by atoms with Gasteiger partial charge in [-0.05, 0) is 67.8 Å². The van der Waals surface area contributed by atoms with Gasteiger partial charge in [0.15, 0.2) is 17.4 Å². The Labute approximate surface area is 183 Å². The van der Waals surface area contributed by atoms with Crippen LogP contribution in [0.4, 0.5) is 5.69 Å². The molecule has 4 nitrogen and oxygen atoms in total. The van der Waals surface area contributed by atoms with Crippen LogP contribution in [0, 0.1) is 27.7 Å². The summed E-state index contributed by atoms with van der Waals surface area (Å²) in [6.07, 6.45) is 3.49. The zero-order valence-electron chi connectivity index (χ0n) is 17.7. The summed E-state index contributed by atoms with van der Waals surface area (Å²) in [5.41, 5.74) is 6.82. The molecule has 1 heterocycles. The summed E-state index contributed by atoms with van der Waals surface area (Å²) in [5.74, 6) is -0.180. The summed E-state index contributed by atoms with van der Waals surface area (Å²) in [7, 11) is 0. The Morgan fingerprint density at radius 2 is 1.77 bits per heavy atom.